The van der Waals surface area contributed by atoms with E-state index in [1.807, 2.05) is 0 Å². The third-order valence-electron chi connectivity index (χ3n) is 3.67. The molecule has 1 aliphatic rings. The van der Waals surface area contributed by atoms with Crippen LogP contribution in [0.5, 0.6) is 0 Å². The van der Waals surface area contributed by atoms with Crippen molar-refractivity contribution >= 4 is 11.6 Å². The molecule has 0 saturated carbocycles. The van der Waals surface area contributed by atoms with Gasteiger partial charge in [0.15, 0.2) is 0 Å². The van der Waals surface area contributed by atoms with Crippen molar-refractivity contribution in [3.05, 3.63) is 35.4 Å². The quantitative estimate of drug-likeness (QED) is 0.528. The Bertz CT molecular complexity index is 351. The lowest BCUT2D eigenvalue weighted by molar-refractivity contribution is 0.292. The summed E-state index contributed by atoms with van der Waals surface area (Å²) >= 11 is 5.68. The van der Waals surface area contributed by atoms with E-state index in [0.717, 1.165) is 18.2 Å². The van der Waals surface area contributed by atoms with Crippen LogP contribution in [0.1, 0.15) is 36.3 Å². The van der Waals surface area contributed by atoms with Crippen molar-refractivity contribution in [2.75, 3.05) is 26.0 Å². The van der Waals surface area contributed by atoms with Crippen LogP contribution in [0.15, 0.2) is 24.3 Å². The lowest BCUT2D eigenvalue weighted by Gasteiger charge is -2.33. The van der Waals surface area contributed by atoms with E-state index in [9.17, 15) is 0 Å². The van der Waals surface area contributed by atoms with Crippen LogP contribution < -0.4 is 0 Å². The molecule has 0 aromatic heterocycles. The zero-order valence-corrected chi connectivity index (χ0v) is 11.4. The molecule has 0 spiro atoms. The van der Waals surface area contributed by atoms with Gasteiger partial charge in [0.2, 0.25) is 0 Å². The molecule has 1 aromatic carbocycles. The van der Waals surface area contributed by atoms with Gasteiger partial charge in [0.05, 0.1) is 0 Å². The first-order valence-electron chi connectivity index (χ1n) is 6.63. The molecular weight excluding hydrogens is 230 g/mol. The second kappa shape index (κ2) is 6.42. The van der Waals surface area contributed by atoms with Gasteiger partial charge in [-0.1, -0.05) is 30.7 Å². The van der Waals surface area contributed by atoms with E-state index < -0.39 is 0 Å². The summed E-state index contributed by atoms with van der Waals surface area (Å²) in [5, 5.41) is 0. The Balaban J connectivity index is 1.69. The molecule has 17 heavy (non-hydrogen) atoms. The third-order valence-corrected chi connectivity index (χ3v) is 3.93. The van der Waals surface area contributed by atoms with Crippen molar-refractivity contribution in [3.8, 4) is 0 Å². The van der Waals surface area contributed by atoms with Gasteiger partial charge in [-0.05, 0) is 44.0 Å². The summed E-state index contributed by atoms with van der Waals surface area (Å²) in [5.41, 5.74) is 3.12. The van der Waals surface area contributed by atoms with Crippen LogP contribution >= 0.6 is 11.6 Å². The van der Waals surface area contributed by atoms with E-state index >= 15 is 0 Å². The smallest absolute Gasteiger partial charge is 0.0223 e. The molecule has 0 aliphatic heterocycles. The van der Waals surface area contributed by atoms with Crippen molar-refractivity contribution in [1.82, 2.24) is 4.90 Å². The average molecular weight is 252 g/mol. The predicted octanol–water partition coefficient (Wildman–Crippen LogP) is 3.67. The summed E-state index contributed by atoms with van der Waals surface area (Å²) in [6, 6.07) is 8.84. The van der Waals surface area contributed by atoms with Gasteiger partial charge >= 0.3 is 0 Å². The van der Waals surface area contributed by atoms with Crippen LogP contribution in [-0.2, 0) is 6.42 Å². The van der Waals surface area contributed by atoms with E-state index in [0.29, 0.717) is 0 Å². The molecule has 94 valence electrons. The Hall–Kier alpha value is -0.530. The number of nitrogens with zero attached hydrogens (tertiary/aromatic N) is 1. The second-order valence-electron chi connectivity index (χ2n) is 5.11. The van der Waals surface area contributed by atoms with Crippen LogP contribution in [0.2, 0.25) is 0 Å². The topological polar surface area (TPSA) is 3.24 Å². The highest BCUT2D eigenvalue weighted by Gasteiger charge is 2.25. The first kappa shape index (κ1) is 12.9. The number of alkyl halides is 1. The molecule has 0 amide bonds. The fourth-order valence-corrected chi connectivity index (χ4v) is 2.84. The molecular formula is C15H22ClN. The fraction of sp³-hybridized carbons (Fsp3) is 0.600. The first-order chi connectivity index (χ1) is 8.31. The first-order valence-corrected chi connectivity index (χ1v) is 7.17. The molecule has 2 rings (SSSR count). The minimum Gasteiger partial charge on any atom is -0.306 e. The molecule has 0 saturated heterocycles. The monoisotopic (exact) mass is 251 g/mol. The molecule has 2 heteroatoms. The Morgan fingerprint density at radius 2 is 2.06 bits per heavy atom. The van der Waals surface area contributed by atoms with Crippen molar-refractivity contribution in [2.24, 2.45) is 0 Å². The fourth-order valence-electron chi connectivity index (χ4n) is 2.65. The van der Waals surface area contributed by atoms with Gasteiger partial charge in [-0.25, -0.2) is 0 Å². The number of halogens is 1. The Kier molecular flexibility index (Phi) is 4.87. The van der Waals surface area contributed by atoms with Crippen LogP contribution in [-0.4, -0.2) is 30.9 Å². The molecule has 1 atom stereocenters. The maximum Gasteiger partial charge on any atom is 0.0223 e. The normalized spacial score (nSPS) is 17.9. The largest absolute Gasteiger partial charge is 0.306 e. The Labute approximate surface area is 110 Å². The summed E-state index contributed by atoms with van der Waals surface area (Å²) in [6.45, 7) is 2.41. The summed E-state index contributed by atoms with van der Waals surface area (Å²) in [7, 11) is 2.24. The molecule has 0 heterocycles. The highest BCUT2D eigenvalue weighted by molar-refractivity contribution is 6.17. The molecule has 0 N–H and O–H groups in total. The van der Waals surface area contributed by atoms with Gasteiger partial charge in [-0.2, -0.15) is 0 Å². The zero-order chi connectivity index (χ0) is 12.1. The Morgan fingerprint density at radius 1 is 1.24 bits per heavy atom. The number of likely N-dealkylation sites (N-methyl/N-ethyl adjacent to an activating group) is 1. The predicted molar refractivity (Wildman–Crippen MR) is 75.0 cm³/mol. The Morgan fingerprint density at radius 3 is 2.82 bits per heavy atom. The standard InChI is InChI=1S/C15H22ClN/c1-17(10-6-2-5-9-16)12-14-11-13-7-3-4-8-15(13)14/h3-4,7-8,14H,2,5-6,9-12H2,1H3. The van der Waals surface area contributed by atoms with Gasteiger partial charge in [0, 0.05) is 18.3 Å². The average Bonchev–Trinajstić information content (AvgIpc) is 2.32. The number of hydrogen-bond acceptors (Lipinski definition) is 1. The molecule has 0 fully saturated rings. The maximum atomic E-state index is 5.68. The maximum absolute atomic E-state index is 5.68. The van der Waals surface area contributed by atoms with Gasteiger partial charge in [-0.15, -0.1) is 11.6 Å². The van der Waals surface area contributed by atoms with E-state index in [2.05, 4.69) is 36.2 Å². The molecule has 0 bridgehead atoms. The van der Waals surface area contributed by atoms with E-state index in [1.165, 1.54) is 32.4 Å². The lowest BCUT2D eigenvalue weighted by atomic mass is 9.77. The lowest BCUT2D eigenvalue weighted by Crippen LogP contribution is -2.31. The third kappa shape index (κ3) is 3.46. The van der Waals surface area contributed by atoms with E-state index in [4.69, 9.17) is 11.6 Å². The minimum atomic E-state index is 0.768. The zero-order valence-electron chi connectivity index (χ0n) is 10.7. The number of benzene rings is 1. The number of unbranched alkanes of at least 4 members (excludes halogenated alkanes) is 2. The van der Waals surface area contributed by atoms with E-state index in [1.54, 1.807) is 11.1 Å². The van der Waals surface area contributed by atoms with Gasteiger partial charge < -0.3 is 4.90 Å². The van der Waals surface area contributed by atoms with Gasteiger partial charge in [-0.3, -0.25) is 0 Å². The van der Waals surface area contributed by atoms with Gasteiger partial charge in [0.25, 0.3) is 0 Å². The van der Waals surface area contributed by atoms with Crippen molar-refractivity contribution in [3.63, 3.8) is 0 Å². The number of hydrogen-bond donors (Lipinski definition) is 0. The molecule has 1 aliphatic carbocycles. The highest BCUT2D eigenvalue weighted by Crippen LogP contribution is 2.35. The van der Waals surface area contributed by atoms with Crippen molar-refractivity contribution < 1.29 is 0 Å². The minimum absolute atomic E-state index is 0.768. The molecule has 1 nitrogen and oxygen atoms in total. The molecule has 1 unspecified atom stereocenters. The summed E-state index contributed by atoms with van der Waals surface area (Å²) in [5.74, 6) is 1.57. The van der Waals surface area contributed by atoms with E-state index in [-0.39, 0.29) is 0 Å². The highest BCUT2D eigenvalue weighted by atomic mass is 35.5. The number of fused-ring (bicyclic) bond motifs is 1. The summed E-state index contributed by atoms with van der Waals surface area (Å²) in [4.78, 5) is 2.47. The SMILES string of the molecule is CN(CCCCCCl)CC1Cc2ccccc21. The molecule has 1 aromatic rings. The van der Waals surface area contributed by atoms with Crippen LogP contribution in [0.25, 0.3) is 0 Å². The van der Waals surface area contributed by atoms with Crippen molar-refractivity contribution in [2.45, 2.75) is 31.6 Å². The number of rotatable bonds is 7. The summed E-state index contributed by atoms with van der Waals surface area (Å²) in [6.07, 6.45) is 4.95. The van der Waals surface area contributed by atoms with Gasteiger partial charge in [0.1, 0.15) is 0 Å². The van der Waals surface area contributed by atoms with Crippen molar-refractivity contribution in [1.29, 1.82) is 0 Å². The van der Waals surface area contributed by atoms with Crippen LogP contribution in [0, 0.1) is 0 Å². The van der Waals surface area contributed by atoms with Crippen LogP contribution in [0.3, 0.4) is 0 Å². The summed E-state index contributed by atoms with van der Waals surface area (Å²) < 4.78 is 0. The van der Waals surface area contributed by atoms with Crippen LogP contribution in [0.4, 0.5) is 0 Å². The molecule has 0 radical (unpaired) electrons. The second-order valence-corrected chi connectivity index (χ2v) is 5.49.